The Morgan fingerprint density at radius 3 is 2.06 bits per heavy atom. The van der Waals surface area contributed by atoms with E-state index < -0.39 is 0 Å². The Morgan fingerprint density at radius 2 is 1.41 bits per heavy atom. The third kappa shape index (κ3) is 9.63. The molecule has 3 nitrogen and oxygen atoms in total. The Hall–Kier alpha value is -2.03. The largest absolute Gasteiger partial charge is 0.446 e. The van der Waals surface area contributed by atoms with Crippen LogP contribution in [0.2, 0.25) is 0 Å². The highest BCUT2D eigenvalue weighted by Gasteiger charge is 2.16. The van der Waals surface area contributed by atoms with E-state index in [9.17, 15) is 4.79 Å². The maximum atomic E-state index is 12.5. The summed E-state index contributed by atoms with van der Waals surface area (Å²) >= 11 is 0. The van der Waals surface area contributed by atoms with Crippen molar-refractivity contribution in [1.29, 1.82) is 0 Å². The summed E-state index contributed by atoms with van der Waals surface area (Å²) in [6.07, 6.45) is 16.2. The first-order valence-corrected chi connectivity index (χ1v) is 13.1. The van der Waals surface area contributed by atoms with Gasteiger partial charge in [0.1, 0.15) is 6.10 Å². The molecule has 1 amide bonds. The minimum absolute atomic E-state index is 0.00767. The van der Waals surface area contributed by atoms with Crippen molar-refractivity contribution in [3.8, 4) is 0 Å². The number of hydrogen-bond donors (Lipinski definition) is 1. The third-order valence-electron chi connectivity index (χ3n) is 6.48. The topological polar surface area (TPSA) is 38.3 Å². The maximum absolute atomic E-state index is 12.5. The second kappa shape index (κ2) is 15.7. The Kier molecular flexibility index (Phi) is 12.9. The molecule has 3 heteroatoms. The number of amides is 1. The molecule has 0 fully saturated rings. The standard InChI is InChI=1S/C29H45NO2/c1-4-6-7-8-9-10-11-12-13-14-15-21-26(5-2)32-29(31)30-24(3)27-23-18-20-25-19-16-17-22-28(25)27/h16-20,22-24,26H,4-15,21H2,1-3H3,(H,30,31). The summed E-state index contributed by atoms with van der Waals surface area (Å²) in [5.74, 6) is 0. The molecule has 2 unspecified atom stereocenters. The van der Waals surface area contributed by atoms with Gasteiger partial charge in [0.05, 0.1) is 6.04 Å². The Morgan fingerprint density at radius 1 is 0.812 bits per heavy atom. The predicted molar refractivity (Wildman–Crippen MR) is 137 cm³/mol. The molecule has 0 radical (unpaired) electrons. The minimum Gasteiger partial charge on any atom is -0.446 e. The Bertz CT molecular complexity index is 767. The summed E-state index contributed by atoms with van der Waals surface area (Å²) in [6, 6.07) is 14.4. The van der Waals surface area contributed by atoms with Gasteiger partial charge in [-0.1, -0.05) is 121 Å². The molecule has 32 heavy (non-hydrogen) atoms. The van der Waals surface area contributed by atoms with E-state index >= 15 is 0 Å². The monoisotopic (exact) mass is 439 g/mol. The lowest BCUT2D eigenvalue weighted by molar-refractivity contribution is 0.0863. The van der Waals surface area contributed by atoms with E-state index in [1.165, 1.54) is 75.0 Å². The number of hydrogen-bond acceptors (Lipinski definition) is 2. The molecule has 2 aromatic rings. The van der Waals surface area contributed by atoms with Crippen molar-refractivity contribution in [3.63, 3.8) is 0 Å². The highest BCUT2D eigenvalue weighted by molar-refractivity contribution is 5.86. The normalized spacial score (nSPS) is 13.1. The lowest BCUT2D eigenvalue weighted by Crippen LogP contribution is -2.31. The van der Waals surface area contributed by atoms with E-state index in [1.54, 1.807) is 0 Å². The predicted octanol–water partition coefficient (Wildman–Crippen LogP) is 9.11. The van der Waals surface area contributed by atoms with Crippen LogP contribution in [0.4, 0.5) is 4.79 Å². The van der Waals surface area contributed by atoms with E-state index in [0.717, 1.165) is 24.8 Å². The van der Waals surface area contributed by atoms with Gasteiger partial charge in [-0.2, -0.15) is 0 Å². The van der Waals surface area contributed by atoms with Crippen LogP contribution in [0.3, 0.4) is 0 Å². The molecule has 2 aromatic carbocycles. The summed E-state index contributed by atoms with van der Waals surface area (Å²) in [6.45, 7) is 6.39. The molecule has 0 bridgehead atoms. The fourth-order valence-corrected chi connectivity index (χ4v) is 4.45. The third-order valence-corrected chi connectivity index (χ3v) is 6.48. The molecule has 0 heterocycles. The molecule has 0 aliphatic rings. The number of benzene rings is 2. The molecule has 2 rings (SSSR count). The number of fused-ring (bicyclic) bond motifs is 1. The summed E-state index contributed by atoms with van der Waals surface area (Å²) in [7, 11) is 0. The number of nitrogens with one attached hydrogen (secondary N) is 1. The zero-order valence-electron chi connectivity index (χ0n) is 20.7. The van der Waals surface area contributed by atoms with Crippen LogP contribution in [0.25, 0.3) is 10.8 Å². The van der Waals surface area contributed by atoms with Gasteiger partial charge in [0, 0.05) is 0 Å². The first kappa shape index (κ1) is 26.2. The van der Waals surface area contributed by atoms with Crippen LogP contribution < -0.4 is 5.32 Å². The maximum Gasteiger partial charge on any atom is 0.407 e. The minimum atomic E-state index is -0.305. The Balaban J connectivity index is 1.62. The van der Waals surface area contributed by atoms with Gasteiger partial charge in [-0.05, 0) is 42.5 Å². The van der Waals surface area contributed by atoms with E-state index in [0.29, 0.717) is 0 Å². The van der Waals surface area contributed by atoms with E-state index in [2.05, 4.69) is 43.4 Å². The number of carbonyl (C=O) groups is 1. The van der Waals surface area contributed by atoms with Crippen molar-refractivity contribution in [2.45, 2.75) is 116 Å². The smallest absolute Gasteiger partial charge is 0.407 e. The molecular weight excluding hydrogens is 394 g/mol. The van der Waals surface area contributed by atoms with Gasteiger partial charge in [0.2, 0.25) is 0 Å². The van der Waals surface area contributed by atoms with Crippen molar-refractivity contribution < 1.29 is 9.53 Å². The first-order chi connectivity index (χ1) is 15.7. The zero-order valence-corrected chi connectivity index (χ0v) is 20.7. The summed E-state index contributed by atoms with van der Waals surface area (Å²) in [5, 5.41) is 5.40. The first-order valence-electron chi connectivity index (χ1n) is 13.1. The van der Waals surface area contributed by atoms with Crippen LogP contribution in [0.1, 0.15) is 116 Å². The van der Waals surface area contributed by atoms with Gasteiger partial charge in [-0.15, -0.1) is 0 Å². The van der Waals surface area contributed by atoms with Crippen molar-refractivity contribution in [2.24, 2.45) is 0 Å². The van der Waals surface area contributed by atoms with Gasteiger partial charge >= 0.3 is 6.09 Å². The number of alkyl carbamates (subject to hydrolysis) is 1. The molecule has 178 valence electrons. The van der Waals surface area contributed by atoms with Crippen molar-refractivity contribution in [3.05, 3.63) is 48.0 Å². The van der Waals surface area contributed by atoms with Gasteiger partial charge in [0.25, 0.3) is 0 Å². The average molecular weight is 440 g/mol. The van der Waals surface area contributed by atoms with Gasteiger partial charge in [0.15, 0.2) is 0 Å². The fourth-order valence-electron chi connectivity index (χ4n) is 4.45. The summed E-state index contributed by atoms with van der Waals surface area (Å²) in [4.78, 5) is 12.5. The lowest BCUT2D eigenvalue weighted by Gasteiger charge is -2.20. The fraction of sp³-hybridized carbons (Fsp3) is 0.621. The highest BCUT2D eigenvalue weighted by atomic mass is 16.6. The van der Waals surface area contributed by atoms with Gasteiger partial charge < -0.3 is 10.1 Å². The van der Waals surface area contributed by atoms with E-state index in [4.69, 9.17) is 4.74 Å². The SMILES string of the molecule is CCCCCCCCCCCCCC(CC)OC(=O)NC(C)c1cccc2ccccc12. The second-order valence-electron chi connectivity index (χ2n) is 9.19. The number of unbranched alkanes of at least 4 members (excludes halogenated alkanes) is 10. The van der Waals surface area contributed by atoms with Crippen LogP contribution in [0, 0.1) is 0 Å². The zero-order chi connectivity index (χ0) is 23.0. The Labute approximate surface area is 196 Å². The highest BCUT2D eigenvalue weighted by Crippen LogP contribution is 2.24. The average Bonchev–Trinajstić information content (AvgIpc) is 2.81. The van der Waals surface area contributed by atoms with Crippen molar-refractivity contribution in [1.82, 2.24) is 5.32 Å². The molecule has 2 atom stereocenters. The molecule has 0 spiro atoms. The summed E-state index contributed by atoms with van der Waals surface area (Å²) < 4.78 is 5.75. The van der Waals surface area contributed by atoms with Crippen LogP contribution in [-0.4, -0.2) is 12.2 Å². The number of ether oxygens (including phenoxy) is 1. The summed E-state index contributed by atoms with van der Waals surface area (Å²) in [5.41, 5.74) is 1.12. The molecule has 0 aliphatic carbocycles. The van der Waals surface area contributed by atoms with Crippen LogP contribution in [0.5, 0.6) is 0 Å². The van der Waals surface area contributed by atoms with E-state index in [1.807, 2.05) is 25.1 Å². The van der Waals surface area contributed by atoms with Crippen LogP contribution in [0.15, 0.2) is 42.5 Å². The number of rotatable bonds is 16. The quantitative estimate of drug-likeness (QED) is 0.265. The molecule has 0 saturated carbocycles. The van der Waals surface area contributed by atoms with Crippen LogP contribution >= 0.6 is 0 Å². The molecule has 1 N–H and O–H groups in total. The molecular formula is C29H45NO2. The number of carbonyl (C=O) groups excluding carboxylic acids is 1. The van der Waals surface area contributed by atoms with Gasteiger partial charge in [-0.25, -0.2) is 4.79 Å². The van der Waals surface area contributed by atoms with E-state index in [-0.39, 0.29) is 18.2 Å². The second-order valence-corrected chi connectivity index (χ2v) is 9.19. The molecule has 0 aromatic heterocycles. The van der Waals surface area contributed by atoms with Crippen molar-refractivity contribution >= 4 is 16.9 Å². The lowest BCUT2D eigenvalue weighted by atomic mass is 10.00. The molecule has 0 aliphatic heterocycles. The molecule has 0 saturated heterocycles. The van der Waals surface area contributed by atoms with Crippen LogP contribution in [-0.2, 0) is 4.74 Å². The van der Waals surface area contributed by atoms with Gasteiger partial charge in [-0.3, -0.25) is 0 Å². The van der Waals surface area contributed by atoms with Crippen molar-refractivity contribution in [2.75, 3.05) is 0 Å².